The fourth-order valence-corrected chi connectivity index (χ4v) is 2.56. The molecule has 0 N–H and O–H groups in total. The Morgan fingerprint density at radius 3 is 2.46 bits per heavy atom. The molecular formula is C20H17O6-. The zero-order chi connectivity index (χ0) is 18.8. The van der Waals surface area contributed by atoms with Gasteiger partial charge >= 0.3 is 0 Å². The van der Waals surface area contributed by atoms with Crippen LogP contribution in [0.5, 0.6) is 11.5 Å². The Morgan fingerprint density at radius 1 is 1.15 bits per heavy atom. The van der Waals surface area contributed by atoms with Crippen molar-refractivity contribution < 1.29 is 23.8 Å². The van der Waals surface area contributed by atoms with Crippen molar-refractivity contribution in [1.82, 2.24) is 0 Å². The number of carboxylic acid groups (broad SMARTS) is 1. The zero-order valence-corrected chi connectivity index (χ0v) is 14.6. The first-order valence-electron chi connectivity index (χ1n) is 8.00. The number of carbonyl (C=O) groups is 1. The third kappa shape index (κ3) is 3.26. The van der Waals surface area contributed by atoms with E-state index in [2.05, 4.69) is 0 Å². The summed E-state index contributed by atoms with van der Waals surface area (Å²) >= 11 is 0. The van der Waals surface area contributed by atoms with Crippen molar-refractivity contribution >= 4 is 16.9 Å². The number of carboxylic acids is 1. The number of benzene rings is 2. The van der Waals surface area contributed by atoms with Gasteiger partial charge in [0.1, 0.15) is 17.4 Å². The Balaban J connectivity index is 2.25. The van der Waals surface area contributed by atoms with Gasteiger partial charge in [-0.1, -0.05) is 11.6 Å². The highest BCUT2D eigenvalue weighted by Crippen LogP contribution is 2.32. The van der Waals surface area contributed by atoms with Crippen LogP contribution in [0.2, 0.25) is 0 Å². The van der Waals surface area contributed by atoms with Gasteiger partial charge in [-0.3, -0.25) is 4.79 Å². The summed E-state index contributed by atoms with van der Waals surface area (Å²) in [6.07, 6.45) is -1.31. The average Bonchev–Trinajstić information content (AvgIpc) is 2.64. The molecule has 3 aromatic rings. The van der Waals surface area contributed by atoms with Crippen LogP contribution in [0.15, 0.2) is 51.7 Å². The standard InChI is InChI=1S/C20H18O6/c1-11-4-9-16-15(10-11)17(21)19(25-12(2)20(22)23)18(26-16)13-5-7-14(24-3)8-6-13/h4-10,12H,1-3H3,(H,22,23)/p-1/t12-/m1/s1. The molecule has 6 heteroatoms. The first-order valence-corrected chi connectivity index (χ1v) is 8.00. The van der Waals surface area contributed by atoms with E-state index < -0.39 is 17.5 Å². The van der Waals surface area contributed by atoms with Gasteiger partial charge in [-0.05, 0) is 50.2 Å². The summed E-state index contributed by atoms with van der Waals surface area (Å²) in [7, 11) is 1.55. The van der Waals surface area contributed by atoms with Crippen molar-refractivity contribution in [3.63, 3.8) is 0 Å². The SMILES string of the molecule is COc1ccc(-c2oc3ccc(C)cc3c(=O)c2O[C@H](C)C(=O)[O-])cc1. The number of rotatable bonds is 5. The molecule has 0 radical (unpaired) electrons. The zero-order valence-electron chi connectivity index (χ0n) is 14.6. The molecule has 0 spiro atoms. The molecule has 26 heavy (non-hydrogen) atoms. The highest BCUT2D eigenvalue weighted by Gasteiger charge is 2.20. The molecule has 2 aromatic carbocycles. The quantitative estimate of drug-likeness (QED) is 0.699. The number of hydrogen-bond acceptors (Lipinski definition) is 6. The summed E-state index contributed by atoms with van der Waals surface area (Å²) in [5.41, 5.74) is 1.39. The van der Waals surface area contributed by atoms with Crippen molar-refractivity contribution in [2.24, 2.45) is 0 Å². The minimum absolute atomic E-state index is 0.155. The molecule has 0 aliphatic rings. The van der Waals surface area contributed by atoms with Gasteiger partial charge in [-0.2, -0.15) is 0 Å². The van der Waals surface area contributed by atoms with E-state index in [9.17, 15) is 14.7 Å². The fourth-order valence-electron chi connectivity index (χ4n) is 2.56. The summed E-state index contributed by atoms with van der Waals surface area (Å²) in [6, 6.07) is 12.0. The van der Waals surface area contributed by atoms with E-state index in [1.165, 1.54) is 6.92 Å². The maximum Gasteiger partial charge on any atom is 0.235 e. The van der Waals surface area contributed by atoms with Crippen LogP contribution in [-0.4, -0.2) is 19.2 Å². The van der Waals surface area contributed by atoms with Gasteiger partial charge in [0, 0.05) is 5.56 Å². The van der Waals surface area contributed by atoms with Crippen molar-refractivity contribution in [2.45, 2.75) is 20.0 Å². The average molecular weight is 353 g/mol. The maximum atomic E-state index is 12.9. The topological polar surface area (TPSA) is 88.8 Å². The predicted octanol–water partition coefficient (Wildman–Crippen LogP) is 2.29. The molecule has 0 aliphatic carbocycles. The molecule has 0 aliphatic heterocycles. The number of aliphatic carboxylic acids is 1. The number of fused-ring (bicyclic) bond motifs is 1. The van der Waals surface area contributed by atoms with Crippen LogP contribution in [0.4, 0.5) is 0 Å². The van der Waals surface area contributed by atoms with E-state index in [1.807, 2.05) is 13.0 Å². The van der Waals surface area contributed by atoms with E-state index in [1.54, 1.807) is 43.5 Å². The van der Waals surface area contributed by atoms with Gasteiger partial charge in [-0.15, -0.1) is 0 Å². The lowest BCUT2D eigenvalue weighted by Gasteiger charge is -2.17. The van der Waals surface area contributed by atoms with E-state index in [0.29, 0.717) is 22.3 Å². The predicted molar refractivity (Wildman–Crippen MR) is 94.3 cm³/mol. The number of hydrogen-bond donors (Lipinski definition) is 0. The molecule has 3 rings (SSSR count). The molecule has 0 amide bonds. The van der Waals surface area contributed by atoms with Crippen molar-refractivity contribution in [3.8, 4) is 22.8 Å². The molecule has 6 nitrogen and oxygen atoms in total. The van der Waals surface area contributed by atoms with Gasteiger partial charge in [0.2, 0.25) is 11.2 Å². The van der Waals surface area contributed by atoms with Gasteiger partial charge in [0.25, 0.3) is 0 Å². The fraction of sp³-hybridized carbons (Fsp3) is 0.200. The smallest absolute Gasteiger partial charge is 0.235 e. The number of methoxy groups -OCH3 is 1. The summed E-state index contributed by atoms with van der Waals surface area (Å²) < 4.78 is 16.4. The summed E-state index contributed by atoms with van der Waals surface area (Å²) in [6.45, 7) is 3.15. The van der Waals surface area contributed by atoms with Crippen molar-refractivity contribution in [2.75, 3.05) is 7.11 Å². The molecule has 0 saturated carbocycles. The summed E-state index contributed by atoms with van der Waals surface area (Å²) in [5.74, 6) is -0.792. The number of aryl methyl sites for hydroxylation is 1. The van der Waals surface area contributed by atoms with Crippen LogP contribution in [0.3, 0.4) is 0 Å². The maximum absolute atomic E-state index is 12.9. The normalized spacial score (nSPS) is 12.0. The van der Waals surface area contributed by atoms with Crippen LogP contribution in [0, 0.1) is 6.92 Å². The lowest BCUT2D eigenvalue weighted by atomic mass is 10.1. The monoisotopic (exact) mass is 353 g/mol. The first-order chi connectivity index (χ1) is 12.4. The van der Waals surface area contributed by atoms with Crippen LogP contribution in [0.25, 0.3) is 22.3 Å². The molecule has 0 fully saturated rings. The molecular weight excluding hydrogens is 336 g/mol. The van der Waals surface area contributed by atoms with Crippen LogP contribution < -0.4 is 20.0 Å². The van der Waals surface area contributed by atoms with E-state index >= 15 is 0 Å². The van der Waals surface area contributed by atoms with Crippen molar-refractivity contribution in [3.05, 3.63) is 58.3 Å². The third-order valence-electron chi connectivity index (χ3n) is 3.98. The van der Waals surface area contributed by atoms with Gasteiger partial charge < -0.3 is 23.8 Å². The lowest BCUT2D eigenvalue weighted by Crippen LogP contribution is -2.38. The summed E-state index contributed by atoms with van der Waals surface area (Å²) in [5, 5.41) is 11.4. The second kappa shape index (κ2) is 6.92. The summed E-state index contributed by atoms with van der Waals surface area (Å²) in [4.78, 5) is 24.0. The van der Waals surface area contributed by atoms with Crippen LogP contribution >= 0.6 is 0 Å². The highest BCUT2D eigenvalue weighted by atomic mass is 16.5. The lowest BCUT2D eigenvalue weighted by molar-refractivity contribution is -0.312. The van der Waals surface area contributed by atoms with Gasteiger partial charge in [0.05, 0.1) is 18.5 Å². The molecule has 1 aromatic heterocycles. The third-order valence-corrected chi connectivity index (χ3v) is 3.98. The highest BCUT2D eigenvalue weighted by molar-refractivity contribution is 5.83. The second-order valence-electron chi connectivity index (χ2n) is 5.90. The largest absolute Gasteiger partial charge is 0.546 e. The van der Waals surface area contributed by atoms with Gasteiger partial charge in [-0.25, -0.2) is 0 Å². The molecule has 1 atom stereocenters. The van der Waals surface area contributed by atoms with Crippen molar-refractivity contribution in [1.29, 1.82) is 0 Å². The Labute approximate surface area is 149 Å². The van der Waals surface area contributed by atoms with Crippen LogP contribution in [0.1, 0.15) is 12.5 Å². The van der Waals surface area contributed by atoms with E-state index in [0.717, 1.165) is 5.56 Å². The Morgan fingerprint density at radius 2 is 1.85 bits per heavy atom. The molecule has 0 bridgehead atoms. The number of carbonyl (C=O) groups excluding carboxylic acids is 1. The van der Waals surface area contributed by atoms with E-state index in [4.69, 9.17) is 13.9 Å². The Hall–Kier alpha value is -3.28. The van der Waals surface area contributed by atoms with E-state index in [-0.39, 0.29) is 11.5 Å². The minimum atomic E-state index is -1.42. The molecule has 0 saturated heterocycles. The Bertz CT molecular complexity index is 1020. The van der Waals surface area contributed by atoms with Crippen LogP contribution in [-0.2, 0) is 4.79 Å². The minimum Gasteiger partial charge on any atom is -0.546 e. The molecule has 0 unspecified atom stereocenters. The first kappa shape index (κ1) is 17.5. The molecule has 134 valence electrons. The number of ether oxygens (including phenoxy) is 2. The molecule has 1 heterocycles. The second-order valence-corrected chi connectivity index (χ2v) is 5.90. The Kier molecular flexibility index (Phi) is 4.67. The van der Waals surface area contributed by atoms with Gasteiger partial charge in [0.15, 0.2) is 5.76 Å².